The first-order valence-electron chi connectivity index (χ1n) is 9.96. The van der Waals surface area contributed by atoms with E-state index in [9.17, 15) is 23.2 Å². The van der Waals surface area contributed by atoms with Crippen LogP contribution < -0.4 is 14.8 Å². The summed E-state index contributed by atoms with van der Waals surface area (Å²) >= 11 is 8.05. The van der Waals surface area contributed by atoms with Gasteiger partial charge < -0.3 is 14.8 Å². The van der Waals surface area contributed by atoms with Gasteiger partial charge in [0.05, 0.1) is 16.2 Å². The Balaban J connectivity index is 1.82. The predicted molar refractivity (Wildman–Crippen MR) is 135 cm³/mol. The molecule has 3 aromatic rings. The third-order valence-electron chi connectivity index (χ3n) is 4.65. The van der Waals surface area contributed by atoms with Crippen molar-refractivity contribution in [2.24, 2.45) is 0 Å². The van der Waals surface area contributed by atoms with E-state index in [0.29, 0.717) is 25.7 Å². The lowest BCUT2D eigenvalue weighted by Crippen LogP contribution is -2.14. The van der Waals surface area contributed by atoms with Gasteiger partial charge in [-0.2, -0.15) is 18.4 Å². The molecule has 0 saturated heterocycles. The van der Waals surface area contributed by atoms with Crippen LogP contribution in [-0.2, 0) is 17.6 Å². The Morgan fingerprint density at radius 2 is 1.91 bits per heavy atom. The van der Waals surface area contributed by atoms with Gasteiger partial charge in [0.2, 0.25) is 0 Å². The smallest absolute Gasteiger partial charge is 0.416 e. The Morgan fingerprint density at radius 3 is 2.57 bits per heavy atom. The fourth-order valence-electron chi connectivity index (χ4n) is 3.03. The van der Waals surface area contributed by atoms with Crippen LogP contribution in [0.5, 0.6) is 11.5 Å². The Labute approximate surface area is 218 Å². The molecule has 3 rings (SSSR count). The van der Waals surface area contributed by atoms with Crippen LogP contribution in [0.4, 0.5) is 18.9 Å². The van der Waals surface area contributed by atoms with Crippen LogP contribution >= 0.6 is 34.2 Å². The molecule has 0 fully saturated rings. The van der Waals surface area contributed by atoms with E-state index >= 15 is 0 Å². The second kappa shape index (κ2) is 11.5. The van der Waals surface area contributed by atoms with Gasteiger partial charge in [0, 0.05) is 10.7 Å². The van der Waals surface area contributed by atoms with Crippen LogP contribution in [0.3, 0.4) is 0 Å². The van der Waals surface area contributed by atoms with Gasteiger partial charge in [0.25, 0.3) is 5.91 Å². The number of rotatable bonds is 7. The average Bonchev–Trinajstić information content (AvgIpc) is 2.81. The summed E-state index contributed by atoms with van der Waals surface area (Å²) in [5, 5.41) is 12.4. The molecule has 0 aromatic heterocycles. The number of nitriles is 1. The van der Waals surface area contributed by atoms with Gasteiger partial charge in [-0.1, -0.05) is 29.8 Å². The van der Waals surface area contributed by atoms with E-state index in [-0.39, 0.29) is 17.9 Å². The van der Waals surface area contributed by atoms with Crippen molar-refractivity contribution in [2.75, 3.05) is 12.4 Å². The Bertz CT molecular complexity index is 1320. The topological polar surface area (TPSA) is 71.3 Å². The van der Waals surface area contributed by atoms with Gasteiger partial charge in [-0.05, 0) is 82.3 Å². The number of nitrogens with one attached hydrogen (secondary N) is 1. The van der Waals surface area contributed by atoms with Crippen molar-refractivity contribution in [1.29, 1.82) is 5.26 Å². The van der Waals surface area contributed by atoms with Gasteiger partial charge in [-0.25, -0.2) is 0 Å². The van der Waals surface area contributed by atoms with Gasteiger partial charge in [0.15, 0.2) is 11.5 Å². The summed E-state index contributed by atoms with van der Waals surface area (Å²) in [7, 11) is 1.46. The molecule has 10 heteroatoms. The molecule has 0 unspecified atom stereocenters. The normalized spacial score (nSPS) is 11.5. The van der Waals surface area contributed by atoms with E-state index in [2.05, 4.69) is 5.32 Å². The summed E-state index contributed by atoms with van der Waals surface area (Å²) in [4.78, 5) is 12.6. The molecule has 35 heavy (non-hydrogen) atoms. The minimum Gasteiger partial charge on any atom is -0.493 e. The number of amides is 1. The lowest BCUT2D eigenvalue weighted by molar-refractivity contribution is -0.137. The van der Waals surface area contributed by atoms with Gasteiger partial charge in [-0.15, -0.1) is 0 Å². The summed E-state index contributed by atoms with van der Waals surface area (Å²) < 4.78 is 50.8. The number of benzene rings is 3. The SMILES string of the molecule is COc1cc(/C=C(\C#N)C(=O)Nc2cccc(C(F)(F)F)c2)cc(I)c1OCc1cccc(Cl)c1. The van der Waals surface area contributed by atoms with Crippen molar-refractivity contribution in [3.05, 3.63) is 91.5 Å². The molecule has 0 aliphatic heterocycles. The number of alkyl halides is 3. The minimum absolute atomic E-state index is 0.0806. The molecule has 1 N–H and O–H groups in total. The van der Waals surface area contributed by atoms with E-state index in [1.165, 1.54) is 25.3 Å². The predicted octanol–water partition coefficient (Wildman–Crippen LogP) is 7.10. The molecule has 3 aromatic carbocycles. The van der Waals surface area contributed by atoms with Crippen LogP contribution in [0.1, 0.15) is 16.7 Å². The number of halogens is 5. The molecule has 5 nitrogen and oxygen atoms in total. The van der Waals surface area contributed by atoms with E-state index in [4.69, 9.17) is 21.1 Å². The summed E-state index contributed by atoms with van der Waals surface area (Å²) in [6.07, 6.45) is -3.24. The van der Waals surface area contributed by atoms with Crippen molar-refractivity contribution < 1.29 is 27.4 Å². The van der Waals surface area contributed by atoms with E-state index in [1.54, 1.807) is 30.3 Å². The molecule has 180 valence electrons. The molecule has 0 spiro atoms. The largest absolute Gasteiger partial charge is 0.493 e. The fourth-order valence-corrected chi connectivity index (χ4v) is 4.03. The highest BCUT2D eigenvalue weighted by Gasteiger charge is 2.30. The maximum absolute atomic E-state index is 12.9. The van der Waals surface area contributed by atoms with Crippen LogP contribution in [0, 0.1) is 14.9 Å². The summed E-state index contributed by atoms with van der Waals surface area (Å²) in [5.74, 6) is -0.0000120. The number of hydrogen-bond acceptors (Lipinski definition) is 4. The van der Waals surface area contributed by atoms with Crippen molar-refractivity contribution in [2.45, 2.75) is 12.8 Å². The maximum atomic E-state index is 12.9. The molecule has 0 bridgehead atoms. The number of hydrogen-bond donors (Lipinski definition) is 1. The number of nitrogens with zero attached hydrogens (tertiary/aromatic N) is 1. The zero-order valence-corrected chi connectivity index (χ0v) is 21.0. The lowest BCUT2D eigenvalue weighted by atomic mass is 10.1. The standard InChI is InChI=1S/C25H17ClF3IN2O3/c1-34-22-11-16(10-21(30)23(22)35-14-15-4-2-6-19(26)9-15)8-17(13-31)24(33)32-20-7-3-5-18(12-20)25(27,28)29/h2-12H,14H2,1H3,(H,32,33)/b17-8+. The summed E-state index contributed by atoms with van der Waals surface area (Å²) in [6, 6.07) is 16.4. The monoisotopic (exact) mass is 612 g/mol. The molecule has 1 amide bonds. The first kappa shape index (κ1) is 26.4. The van der Waals surface area contributed by atoms with Gasteiger partial charge in [-0.3, -0.25) is 4.79 Å². The number of methoxy groups -OCH3 is 1. The summed E-state index contributed by atoms with van der Waals surface area (Å²) in [5.41, 5.74) is 0.0376. The Morgan fingerprint density at radius 1 is 1.17 bits per heavy atom. The molecule has 0 saturated carbocycles. The molecule has 0 radical (unpaired) electrons. The lowest BCUT2D eigenvalue weighted by Gasteiger charge is -2.14. The number of ether oxygens (including phenoxy) is 2. The van der Waals surface area contributed by atoms with Crippen molar-refractivity contribution in [1.82, 2.24) is 0 Å². The number of anilines is 1. The minimum atomic E-state index is -4.56. The second-order valence-corrected chi connectivity index (χ2v) is 8.75. The van der Waals surface area contributed by atoms with Crippen LogP contribution in [0.2, 0.25) is 5.02 Å². The molecular formula is C25H17ClF3IN2O3. The first-order chi connectivity index (χ1) is 16.6. The number of carbonyl (C=O) groups excluding carboxylic acids is 1. The first-order valence-corrected chi connectivity index (χ1v) is 11.4. The zero-order valence-electron chi connectivity index (χ0n) is 18.1. The van der Waals surface area contributed by atoms with Crippen LogP contribution in [0.15, 0.2) is 66.2 Å². The molecule has 0 aliphatic carbocycles. The molecule has 0 atom stereocenters. The van der Waals surface area contributed by atoms with Crippen molar-refractivity contribution in [3.63, 3.8) is 0 Å². The third-order valence-corrected chi connectivity index (χ3v) is 5.68. The van der Waals surface area contributed by atoms with Crippen LogP contribution in [-0.4, -0.2) is 13.0 Å². The summed E-state index contributed by atoms with van der Waals surface area (Å²) in [6.45, 7) is 0.241. The quantitative estimate of drug-likeness (QED) is 0.176. The fraction of sp³-hybridized carbons (Fsp3) is 0.120. The van der Waals surface area contributed by atoms with E-state index < -0.39 is 17.6 Å². The van der Waals surface area contributed by atoms with E-state index in [0.717, 1.165) is 17.7 Å². The molecule has 0 aliphatic rings. The highest BCUT2D eigenvalue weighted by atomic mass is 127. The maximum Gasteiger partial charge on any atom is 0.416 e. The molecular weight excluding hydrogens is 596 g/mol. The Hall–Kier alpha value is -3.23. The molecule has 0 heterocycles. The van der Waals surface area contributed by atoms with Gasteiger partial charge in [0.1, 0.15) is 18.2 Å². The Kier molecular flexibility index (Phi) is 8.64. The van der Waals surface area contributed by atoms with Crippen LogP contribution in [0.25, 0.3) is 6.08 Å². The van der Waals surface area contributed by atoms with Crippen molar-refractivity contribution >= 4 is 51.9 Å². The van der Waals surface area contributed by atoms with Crippen molar-refractivity contribution in [3.8, 4) is 17.6 Å². The second-order valence-electron chi connectivity index (χ2n) is 7.16. The van der Waals surface area contributed by atoms with E-state index in [1.807, 2.05) is 34.7 Å². The van der Waals surface area contributed by atoms with Gasteiger partial charge >= 0.3 is 6.18 Å². The third kappa shape index (κ3) is 7.13. The highest BCUT2D eigenvalue weighted by Crippen LogP contribution is 2.35. The number of carbonyl (C=O) groups is 1. The average molecular weight is 613 g/mol. The zero-order chi connectivity index (χ0) is 25.6. The highest BCUT2D eigenvalue weighted by molar-refractivity contribution is 14.1.